The molecule has 0 aromatic heterocycles. The SMILES string of the molecule is CC(C)CCN1CC[C@@H]2Oc3ccccc3S(=O)(=O)N(Cc3ccccc3)[C@H]2CC1. The van der Waals surface area contributed by atoms with Crippen molar-refractivity contribution < 1.29 is 13.2 Å². The van der Waals surface area contributed by atoms with E-state index < -0.39 is 10.0 Å². The predicted octanol–water partition coefficient (Wildman–Crippen LogP) is 4.15. The summed E-state index contributed by atoms with van der Waals surface area (Å²) in [4.78, 5) is 2.75. The maximum atomic E-state index is 13.7. The topological polar surface area (TPSA) is 49.9 Å². The van der Waals surface area contributed by atoms with Crippen LogP contribution in [0.1, 0.15) is 38.7 Å². The Kier molecular flexibility index (Phi) is 6.46. The monoisotopic (exact) mass is 428 g/mol. The number of ether oxygens (including phenoxy) is 1. The first-order chi connectivity index (χ1) is 14.4. The second-order valence-corrected chi connectivity index (χ2v) is 10.7. The smallest absolute Gasteiger partial charge is 0.247 e. The zero-order valence-electron chi connectivity index (χ0n) is 17.9. The van der Waals surface area contributed by atoms with Crippen LogP contribution in [0, 0.1) is 5.92 Å². The largest absolute Gasteiger partial charge is 0.487 e. The first-order valence-corrected chi connectivity index (χ1v) is 12.4. The van der Waals surface area contributed by atoms with Crippen LogP contribution in [0.4, 0.5) is 0 Å². The highest BCUT2D eigenvalue weighted by Gasteiger charge is 2.43. The van der Waals surface area contributed by atoms with Gasteiger partial charge < -0.3 is 9.64 Å². The molecule has 0 radical (unpaired) electrons. The van der Waals surface area contributed by atoms with E-state index in [9.17, 15) is 8.42 Å². The molecule has 2 heterocycles. The molecule has 2 aromatic carbocycles. The lowest BCUT2D eigenvalue weighted by atomic mass is 10.1. The van der Waals surface area contributed by atoms with Crippen LogP contribution in [0.15, 0.2) is 59.5 Å². The standard InChI is InChI=1S/C24H32N2O3S/c1-19(2)12-15-25-16-13-21-22(14-17-25)29-23-10-6-7-11-24(23)30(27,28)26(21)18-20-8-4-3-5-9-20/h3-11,19,21-22H,12-18H2,1-2H3/t21-,22-/m0/s1. The maximum absolute atomic E-state index is 13.7. The molecule has 2 aliphatic heterocycles. The molecule has 2 atom stereocenters. The van der Waals surface area contributed by atoms with Gasteiger partial charge in [0.15, 0.2) is 0 Å². The Labute approximate surface area is 180 Å². The number of likely N-dealkylation sites (tertiary alicyclic amines) is 1. The van der Waals surface area contributed by atoms with Gasteiger partial charge in [-0.2, -0.15) is 4.31 Å². The lowest BCUT2D eigenvalue weighted by Gasteiger charge is -2.32. The van der Waals surface area contributed by atoms with E-state index >= 15 is 0 Å². The highest BCUT2D eigenvalue weighted by molar-refractivity contribution is 7.89. The second kappa shape index (κ2) is 9.08. The van der Waals surface area contributed by atoms with E-state index in [0.29, 0.717) is 18.2 Å². The molecule has 0 N–H and O–H groups in total. The predicted molar refractivity (Wildman–Crippen MR) is 119 cm³/mol. The van der Waals surface area contributed by atoms with Crippen molar-refractivity contribution in [2.45, 2.75) is 56.7 Å². The summed E-state index contributed by atoms with van der Waals surface area (Å²) in [5.74, 6) is 1.15. The summed E-state index contributed by atoms with van der Waals surface area (Å²) in [6.45, 7) is 7.75. The third-order valence-electron chi connectivity index (χ3n) is 6.19. The third-order valence-corrected chi connectivity index (χ3v) is 8.10. The van der Waals surface area contributed by atoms with Gasteiger partial charge in [0, 0.05) is 13.1 Å². The van der Waals surface area contributed by atoms with Gasteiger partial charge in [0.25, 0.3) is 0 Å². The molecule has 2 aromatic rings. The number of nitrogens with zero attached hydrogens (tertiary/aromatic N) is 2. The highest BCUT2D eigenvalue weighted by atomic mass is 32.2. The van der Waals surface area contributed by atoms with Crippen molar-refractivity contribution in [1.82, 2.24) is 9.21 Å². The molecule has 5 nitrogen and oxygen atoms in total. The zero-order valence-corrected chi connectivity index (χ0v) is 18.7. The average molecular weight is 429 g/mol. The Hall–Kier alpha value is -1.89. The van der Waals surface area contributed by atoms with Crippen molar-refractivity contribution in [2.24, 2.45) is 5.92 Å². The fourth-order valence-electron chi connectivity index (χ4n) is 4.44. The first-order valence-electron chi connectivity index (χ1n) is 11.0. The van der Waals surface area contributed by atoms with Crippen LogP contribution in [0.25, 0.3) is 0 Å². The van der Waals surface area contributed by atoms with Crippen LogP contribution in [0.2, 0.25) is 0 Å². The van der Waals surface area contributed by atoms with Crippen molar-refractivity contribution in [2.75, 3.05) is 19.6 Å². The van der Waals surface area contributed by atoms with E-state index in [4.69, 9.17) is 4.74 Å². The van der Waals surface area contributed by atoms with Crippen LogP contribution >= 0.6 is 0 Å². The van der Waals surface area contributed by atoms with E-state index in [1.54, 1.807) is 22.5 Å². The molecule has 1 saturated heterocycles. The Morgan fingerprint density at radius 3 is 2.47 bits per heavy atom. The van der Waals surface area contributed by atoms with Gasteiger partial charge in [-0.1, -0.05) is 56.3 Å². The van der Waals surface area contributed by atoms with Crippen LogP contribution in [0.5, 0.6) is 5.75 Å². The summed E-state index contributed by atoms with van der Waals surface area (Å²) in [5, 5.41) is 0. The third kappa shape index (κ3) is 4.56. The van der Waals surface area contributed by atoms with E-state index in [0.717, 1.165) is 44.5 Å². The number of benzene rings is 2. The Morgan fingerprint density at radius 1 is 1.00 bits per heavy atom. The van der Waals surface area contributed by atoms with E-state index in [2.05, 4.69) is 18.7 Å². The van der Waals surface area contributed by atoms with Crippen LogP contribution < -0.4 is 4.74 Å². The Bertz CT molecular complexity index is 946. The molecular formula is C24H32N2O3S. The summed E-state index contributed by atoms with van der Waals surface area (Å²) >= 11 is 0. The normalized spacial score (nSPS) is 24.4. The van der Waals surface area contributed by atoms with Gasteiger partial charge in [-0.05, 0) is 56.0 Å². The molecule has 2 aliphatic rings. The van der Waals surface area contributed by atoms with Crippen molar-refractivity contribution in [3.63, 3.8) is 0 Å². The molecule has 0 bridgehead atoms. The number of hydrogen-bond donors (Lipinski definition) is 0. The van der Waals surface area contributed by atoms with Crippen molar-refractivity contribution in [3.8, 4) is 5.75 Å². The van der Waals surface area contributed by atoms with Gasteiger partial charge in [0.1, 0.15) is 16.7 Å². The van der Waals surface area contributed by atoms with Crippen molar-refractivity contribution >= 4 is 10.0 Å². The highest BCUT2D eigenvalue weighted by Crippen LogP contribution is 2.37. The Morgan fingerprint density at radius 2 is 1.70 bits per heavy atom. The molecular weight excluding hydrogens is 396 g/mol. The minimum atomic E-state index is -3.66. The molecule has 162 valence electrons. The van der Waals surface area contributed by atoms with Crippen molar-refractivity contribution in [1.29, 1.82) is 0 Å². The van der Waals surface area contributed by atoms with E-state index in [1.165, 1.54) is 0 Å². The number of hydrogen-bond acceptors (Lipinski definition) is 4. The lowest BCUT2D eigenvalue weighted by molar-refractivity contribution is 0.110. The molecule has 0 amide bonds. The number of fused-ring (bicyclic) bond motifs is 2. The van der Waals surface area contributed by atoms with Gasteiger partial charge in [0.05, 0.1) is 6.04 Å². The number of para-hydroxylation sites is 1. The second-order valence-electron chi connectivity index (χ2n) is 8.81. The molecule has 0 unspecified atom stereocenters. The molecule has 4 rings (SSSR count). The number of sulfonamides is 1. The quantitative estimate of drug-likeness (QED) is 0.718. The average Bonchev–Trinajstić information content (AvgIpc) is 2.97. The lowest BCUT2D eigenvalue weighted by Crippen LogP contribution is -2.46. The first kappa shape index (κ1) is 21.3. The minimum Gasteiger partial charge on any atom is -0.487 e. The van der Waals surface area contributed by atoms with Crippen LogP contribution in [0.3, 0.4) is 0 Å². The summed E-state index contributed by atoms with van der Waals surface area (Å²) in [6, 6.07) is 16.8. The van der Waals surface area contributed by atoms with Gasteiger partial charge >= 0.3 is 0 Å². The summed E-state index contributed by atoms with van der Waals surface area (Å²) in [6.07, 6.45) is 2.63. The van der Waals surface area contributed by atoms with Gasteiger partial charge in [-0.3, -0.25) is 0 Å². The van der Waals surface area contributed by atoms with E-state index in [-0.39, 0.29) is 17.0 Å². The molecule has 6 heteroatoms. The fraction of sp³-hybridized carbons (Fsp3) is 0.500. The Balaban J connectivity index is 1.68. The summed E-state index contributed by atoms with van der Waals surface area (Å²) in [7, 11) is -3.66. The summed E-state index contributed by atoms with van der Waals surface area (Å²) < 4.78 is 35.5. The molecule has 1 fully saturated rings. The number of rotatable bonds is 5. The van der Waals surface area contributed by atoms with E-state index in [1.807, 2.05) is 36.4 Å². The van der Waals surface area contributed by atoms with Crippen molar-refractivity contribution in [3.05, 3.63) is 60.2 Å². The maximum Gasteiger partial charge on any atom is 0.247 e. The van der Waals surface area contributed by atoms with Gasteiger partial charge in [0.2, 0.25) is 10.0 Å². The molecule has 0 aliphatic carbocycles. The minimum absolute atomic E-state index is 0.142. The summed E-state index contributed by atoms with van der Waals surface area (Å²) in [5.41, 5.74) is 1.00. The molecule has 30 heavy (non-hydrogen) atoms. The molecule has 0 spiro atoms. The van der Waals surface area contributed by atoms with Crippen LogP contribution in [-0.4, -0.2) is 49.4 Å². The molecule has 0 saturated carbocycles. The van der Waals surface area contributed by atoms with Crippen LogP contribution in [-0.2, 0) is 16.6 Å². The van der Waals surface area contributed by atoms with Gasteiger partial charge in [-0.15, -0.1) is 0 Å². The zero-order chi connectivity index (χ0) is 21.1. The van der Waals surface area contributed by atoms with Gasteiger partial charge in [-0.25, -0.2) is 8.42 Å². The fourth-order valence-corrected chi connectivity index (χ4v) is 6.23.